The lowest BCUT2D eigenvalue weighted by Gasteiger charge is -2.06. The highest BCUT2D eigenvalue weighted by molar-refractivity contribution is 7.92. The summed E-state index contributed by atoms with van der Waals surface area (Å²) in [4.78, 5) is 6.75. The largest absolute Gasteiger partial charge is 0.358 e. The van der Waals surface area contributed by atoms with Gasteiger partial charge in [-0.2, -0.15) is 13.7 Å². The lowest BCUT2D eigenvalue weighted by molar-refractivity contribution is 0.598. The van der Waals surface area contributed by atoms with E-state index < -0.39 is 10.0 Å². The SMILES string of the molecule is Cn1cnc(S(=O)(=O)Nc2cccc3c(C#N)c[nH]c23)c1. The molecule has 2 N–H and O–H groups in total. The highest BCUT2D eigenvalue weighted by Crippen LogP contribution is 2.26. The summed E-state index contributed by atoms with van der Waals surface area (Å²) in [6.07, 6.45) is 4.37. The van der Waals surface area contributed by atoms with Gasteiger partial charge in [0.25, 0.3) is 10.0 Å². The first-order valence-corrected chi connectivity index (χ1v) is 7.50. The molecule has 0 spiro atoms. The molecule has 0 saturated carbocycles. The van der Waals surface area contributed by atoms with Gasteiger partial charge in [0.05, 0.1) is 23.1 Å². The second kappa shape index (κ2) is 4.64. The predicted octanol–water partition coefficient (Wildman–Crippen LogP) is 1.57. The summed E-state index contributed by atoms with van der Waals surface area (Å²) in [6.45, 7) is 0. The number of para-hydroxylation sites is 1. The fraction of sp³-hybridized carbons (Fsp3) is 0.0769. The van der Waals surface area contributed by atoms with E-state index in [4.69, 9.17) is 5.26 Å². The summed E-state index contributed by atoms with van der Waals surface area (Å²) in [6, 6.07) is 7.12. The van der Waals surface area contributed by atoms with Crippen molar-refractivity contribution in [3.05, 3.63) is 42.5 Å². The Hall–Kier alpha value is -2.79. The van der Waals surface area contributed by atoms with Crippen molar-refractivity contribution in [3.8, 4) is 6.07 Å². The molecule has 3 aromatic rings. The van der Waals surface area contributed by atoms with E-state index in [0.29, 0.717) is 22.2 Å². The lowest BCUT2D eigenvalue weighted by atomic mass is 10.2. The molecule has 0 unspecified atom stereocenters. The topological polar surface area (TPSA) is 104 Å². The molecule has 0 aliphatic rings. The molecule has 21 heavy (non-hydrogen) atoms. The Morgan fingerprint density at radius 3 is 2.90 bits per heavy atom. The average molecular weight is 301 g/mol. The van der Waals surface area contributed by atoms with Crippen molar-refractivity contribution < 1.29 is 8.42 Å². The van der Waals surface area contributed by atoms with Crippen molar-refractivity contribution in [2.24, 2.45) is 7.05 Å². The summed E-state index contributed by atoms with van der Waals surface area (Å²) in [5.74, 6) is 0. The number of imidazole rings is 1. The van der Waals surface area contributed by atoms with Gasteiger partial charge in [0.2, 0.25) is 0 Å². The van der Waals surface area contributed by atoms with E-state index in [1.165, 1.54) is 12.5 Å². The third kappa shape index (κ3) is 2.23. The van der Waals surface area contributed by atoms with E-state index in [1.54, 1.807) is 36.0 Å². The third-order valence-corrected chi connectivity index (χ3v) is 4.29. The number of aryl methyl sites for hydroxylation is 1. The number of fused-ring (bicyclic) bond motifs is 1. The number of benzene rings is 1. The van der Waals surface area contributed by atoms with Crippen molar-refractivity contribution >= 4 is 26.6 Å². The van der Waals surface area contributed by atoms with Crippen LogP contribution in [0.5, 0.6) is 0 Å². The van der Waals surface area contributed by atoms with Crippen LogP contribution in [0.2, 0.25) is 0 Å². The maximum atomic E-state index is 12.3. The van der Waals surface area contributed by atoms with Gasteiger partial charge < -0.3 is 9.55 Å². The zero-order valence-electron chi connectivity index (χ0n) is 11.0. The zero-order chi connectivity index (χ0) is 15.0. The monoisotopic (exact) mass is 301 g/mol. The van der Waals surface area contributed by atoms with Crippen LogP contribution in [-0.2, 0) is 17.1 Å². The van der Waals surface area contributed by atoms with Crippen LogP contribution in [0.25, 0.3) is 10.9 Å². The van der Waals surface area contributed by atoms with Gasteiger partial charge in [-0.3, -0.25) is 4.72 Å². The Labute approximate surface area is 120 Å². The second-order valence-electron chi connectivity index (χ2n) is 4.53. The van der Waals surface area contributed by atoms with Crippen molar-refractivity contribution in [3.63, 3.8) is 0 Å². The fourth-order valence-electron chi connectivity index (χ4n) is 2.06. The standard InChI is InChI=1S/C13H11N5O2S/c1-18-7-12(16-8-18)21(19,20)17-11-4-2-3-10-9(5-14)6-15-13(10)11/h2-4,6-8,15,17H,1H3. The van der Waals surface area contributed by atoms with Crippen LogP contribution < -0.4 is 4.72 Å². The molecular formula is C13H11N5O2S. The van der Waals surface area contributed by atoms with Crippen LogP contribution in [0.15, 0.2) is 41.9 Å². The summed E-state index contributed by atoms with van der Waals surface area (Å²) in [5, 5.41) is 9.61. The number of hydrogen-bond donors (Lipinski definition) is 2. The Balaban J connectivity index is 2.06. The molecule has 1 aromatic carbocycles. The van der Waals surface area contributed by atoms with Crippen molar-refractivity contribution in [2.45, 2.75) is 5.03 Å². The molecule has 2 aromatic heterocycles. The Bertz CT molecular complexity index is 962. The highest BCUT2D eigenvalue weighted by Gasteiger charge is 2.19. The van der Waals surface area contributed by atoms with Crippen LogP contribution in [-0.4, -0.2) is 23.0 Å². The van der Waals surface area contributed by atoms with Crippen LogP contribution in [0, 0.1) is 11.3 Å². The summed E-state index contributed by atoms with van der Waals surface area (Å²) in [5.41, 5.74) is 1.40. The van der Waals surface area contributed by atoms with Crippen molar-refractivity contribution in [1.82, 2.24) is 14.5 Å². The molecule has 7 nitrogen and oxygen atoms in total. The second-order valence-corrected chi connectivity index (χ2v) is 6.15. The minimum absolute atomic E-state index is 0.0611. The minimum Gasteiger partial charge on any atom is -0.358 e. The number of aromatic nitrogens is 3. The van der Waals surface area contributed by atoms with Gasteiger partial charge in [-0.1, -0.05) is 12.1 Å². The molecule has 0 amide bonds. The molecule has 0 atom stereocenters. The van der Waals surface area contributed by atoms with Gasteiger partial charge >= 0.3 is 0 Å². The van der Waals surface area contributed by atoms with Crippen LogP contribution in [0.1, 0.15) is 5.56 Å². The molecule has 0 fully saturated rings. The maximum Gasteiger partial charge on any atom is 0.281 e. The molecule has 106 valence electrons. The normalized spacial score (nSPS) is 11.4. The van der Waals surface area contributed by atoms with E-state index in [1.807, 2.05) is 0 Å². The molecule has 2 heterocycles. The molecule has 3 rings (SSSR count). The Morgan fingerprint density at radius 2 is 2.24 bits per heavy atom. The molecule has 0 aliphatic heterocycles. The predicted molar refractivity (Wildman–Crippen MR) is 77.0 cm³/mol. The number of nitrogens with one attached hydrogen (secondary N) is 2. The number of sulfonamides is 1. The van der Waals surface area contributed by atoms with Crippen LogP contribution in [0.3, 0.4) is 0 Å². The fourth-order valence-corrected chi connectivity index (χ4v) is 3.11. The Kier molecular flexibility index (Phi) is 2.92. The number of nitriles is 1. The van der Waals surface area contributed by atoms with Gasteiger partial charge in [0.15, 0.2) is 5.03 Å². The van der Waals surface area contributed by atoms with Crippen molar-refractivity contribution in [1.29, 1.82) is 5.26 Å². The number of nitrogens with zero attached hydrogens (tertiary/aromatic N) is 3. The molecule has 0 radical (unpaired) electrons. The van der Waals surface area contributed by atoms with E-state index >= 15 is 0 Å². The number of rotatable bonds is 3. The van der Waals surface area contributed by atoms with Gasteiger partial charge in [0.1, 0.15) is 6.07 Å². The minimum atomic E-state index is -3.77. The van der Waals surface area contributed by atoms with Crippen LogP contribution >= 0.6 is 0 Å². The van der Waals surface area contributed by atoms with E-state index in [-0.39, 0.29) is 5.03 Å². The van der Waals surface area contributed by atoms with Gasteiger partial charge in [-0.15, -0.1) is 0 Å². The average Bonchev–Trinajstić information content (AvgIpc) is 3.05. The summed E-state index contributed by atoms with van der Waals surface area (Å²) >= 11 is 0. The molecule has 0 saturated heterocycles. The lowest BCUT2D eigenvalue weighted by Crippen LogP contribution is -2.13. The first-order valence-electron chi connectivity index (χ1n) is 6.02. The number of anilines is 1. The molecule has 0 aliphatic carbocycles. The molecule has 8 heteroatoms. The van der Waals surface area contributed by atoms with Crippen LogP contribution in [0.4, 0.5) is 5.69 Å². The van der Waals surface area contributed by atoms with Gasteiger partial charge in [0, 0.05) is 24.8 Å². The summed E-state index contributed by atoms with van der Waals surface area (Å²) in [7, 11) is -2.07. The van der Waals surface area contributed by atoms with Gasteiger partial charge in [-0.25, -0.2) is 4.98 Å². The van der Waals surface area contributed by atoms with Crippen molar-refractivity contribution in [2.75, 3.05) is 4.72 Å². The highest BCUT2D eigenvalue weighted by atomic mass is 32.2. The first-order chi connectivity index (χ1) is 10.0. The van der Waals surface area contributed by atoms with Gasteiger partial charge in [-0.05, 0) is 6.07 Å². The quantitative estimate of drug-likeness (QED) is 0.766. The zero-order valence-corrected chi connectivity index (χ0v) is 11.8. The molecule has 0 bridgehead atoms. The van der Waals surface area contributed by atoms with E-state index in [9.17, 15) is 8.42 Å². The smallest absolute Gasteiger partial charge is 0.281 e. The number of aromatic amines is 1. The first kappa shape index (κ1) is 13.2. The number of H-pyrrole nitrogens is 1. The van der Waals surface area contributed by atoms with E-state index in [2.05, 4.69) is 20.8 Å². The third-order valence-electron chi connectivity index (χ3n) is 3.04. The summed E-state index contributed by atoms with van der Waals surface area (Å²) < 4.78 is 28.6. The Morgan fingerprint density at radius 1 is 1.43 bits per heavy atom. The molecular weight excluding hydrogens is 290 g/mol. The van der Waals surface area contributed by atoms with E-state index in [0.717, 1.165) is 0 Å². The maximum absolute atomic E-state index is 12.3. The number of hydrogen-bond acceptors (Lipinski definition) is 4.